The molecule has 2 aromatic rings. The highest BCUT2D eigenvalue weighted by Crippen LogP contribution is 2.47. The summed E-state index contributed by atoms with van der Waals surface area (Å²) in [7, 11) is 0. The standard InChI is InChI=1S/C21H21N3O3/c1-14-6-2-3-7-15(14)19(26)23-11-10-21(13-23)16-8-4-5-9-17(16)24(20(21)27)12-18(22)25/h2-9H,10-13H2,1H3,(H2,22,25)/t21-/m0/s1. The van der Waals surface area contributed by atoms with Crippen LogP contribution in [0.4, 0.5) is 5.69 Å². The average molecular weight is 363 g/mol. The van der Waals surface area contributed by atoms with E-state index >= 15 is 0 Å². The van der Waals surface area contributed by atoms with Gasteiger partial charge in [-0.05, 0) is 36.6 Å². The van der Waals surface area contributed by atoms with Crippen molar-refractivity contribution >= 4 is 23.4 Å². The van der Waals surface area contributed by atoms with Crippen molar-refractivity contribution in [2.24, 2.45) is 5.73 Å². The number of nitrogens with zero attached hydrogens (tertiary/aromatic N) is 2. The SMILES string of the molecule is Cc1ccccc1C(=O)N1CC[C@@]2(C1)C(=O)N(CC(N)=O)c1ccccc12. The predicted molar refractivity (Wildman–Crippen MR) is 101 cm³/mol. The average Bonchev–Trinajstić information content (AvgIpc) is 3.19. The number of likely N-dealkylation sites (tertiary alicyclic amines) is 1. The predicted octanol–water partition coefficient (Wildman–Crippen LogP) is 1.61. The van der Waals surface area contributed by atoms with Crippen molar-refractivity contribution in [3.63, 3.8) is 0 Å². The molecule has 2 aliphatic heterocycles. The van der Waals surface area contributed by atoms with Gasteiger partial charge in [-0.3, -0.25) is 14.4 Å². The Morgan fingerprint density at radius 3 is 2.56 bits per heavy atom. The maximum Gasteiger partial charge on any atom is 0.254 e. The van der Waals surface area contributed by atoms with Gasteiger partial charge in [-0.25, -0.2) is 0 Å². The fourth-order valence-electron chi connectivity index (χ4n) is 4.27. The van der Waals surface area contributed by atoms with E-state index in [1.165, 1.54) is 4.90 Å². The van der Waals surface area contributed by atoms with Gasteiger partial charge in [0.25, 0.3) is 5.91 Å². The molecule has 0 aromatic heterocycles. The molecule has 6 nitrogen and oxygen atoms in total. The van der Waals surface area contributed by atoms with Gasteiger partial charge < -0.3 is 15.5 Å². The Balaban J connectivity index is 1.69. The molecule has 0 saturated carbocycles. The lowest BCUT2D eigenvalue weighted by Gasteiger charge is -2.24. The van der Waals surface area contributed by atoms with Gasteiger partial charge in [0.05, 0.1) is 5.41 Å². The Labute approximate surface area is 157 Å². The Morgan fingerprint density at radius 1 is 1.11 bits per heavy atom. The molecule has 0 aliphatic carbocycles. The number of anilines is 1. The second-order valence-electron chi connectivity index (χ2n) is 7.25. The number of primary amides is 1. The molecule has 6 heteroatoms. The van der Waals surface area contributed by atoms with E-state index < -0.39 is 11.3 Å². The molecule has 0 radical (unpaired) electrons. The summed E-state index contributed by atoms with van der Waals surface area (Å²) in [6.07, 6.45) is 0.537. The third kappa shape index (κ3) is 2.60. The quantitative estimate of drug-likeness (QED) is 0.899. The van der Waals surface area contributed by atoms with Crippen molar-refractivity contribution in [1.82, 2.24) is 4.90 Å². The maximum absolute atomic E-state index is 13.3. The number of benzene rings is 2. The monoisotopic (exact) mass is 363 g/mol. The molecule has 2 N–H and O–H groups in total. The van der Waals surface area contributed by atoms with E-state index in [1.54, 1.807) is 4.90 Å². The summed E-state index contributed by atoms with van der Waals surface area (Å²) >= 11 is 0. The van der Waals surface area contributed by atoms with Crippen LogP contribution in [0.5, 0.6) is 0 Å². The first-order valence-corrected chi connectivity index (χ1v) is 8.99. The molecule has 1 fully saturated rings. The summed E-state index contributed by atoms with van der Waals surface area (Å²) in [6, 6.07) is 14.9. The van der Waals surface area contributed by atoms with E-state index in [1.807, 2.05) is 55.5 Å². The van der Waals surface area contributed by atoms with E-state index in [9.17, 15) is 14.4 Å². The minimum Gasteiger partial charge on any atom is -0.368 e. The van der Waals surface area contributed by atoms with Crippen LogP contribution in [0.2, 0.25) is 0 Å². The second-order valence-corrected chi connectivity index (χ2v) is 7.25. The number of carbonyl (C=O) groups is 3. The molecule has 1 atom stereocenters. The summed E-state index contributed by atoms with van der Waals surface area (Å²) < 4.78 is 0. The van der Waals surface area contributed by atoms with Crippen molar-refractivity contribution < 1.29 is 14.4 Å². The number of fused-ring (bicyclic) bond motifs is 2. The fraction of sp³-hybridized carbons (Fsp3) is 0.286. The van der Waals surface area contributed by atoms with E-state index in [4.69, 9.17) is 5.73 Å². The van der Waals surface area contributed by atoms with Crippen molar-refractivity contribution in [3.05, 3.63) is 65.2 Å². The molecule has 2 aromatic carbocycles. The highest BCUT2D eigenvalue weighted by molar-refractivity contribution is 6.11. The van der Waals surface area contributed by atoms with Gasteiger partial charge >= 0.3 is 0 Å². The van der Waals surface area contributed by atoms with Crippen LogP contribution in [-0.4, -0.2) is 42.3 Å². The molecular weight excluding hydrogens is 342 g/mol. The highest BCUT2D eigenvalue weighted by Gasteiger charge is 2.55. The molecule has 1 saturated heterocycles. The Bertz CT molecular complexity index is 955. The number of carbonyl (C=O) groups excluding carboxylic acids is 3. The normalized spacial score (nSPS) is 21.0. The van der Waals surface area contributed by atoms with Crippen molar-refractivity contribution in [2.75, 3.05) is 24.5 Å². The van der Waals surface area contributed by atoms with Gasteiger partial charge in [0, 0.05) is 24.3 Å². The van der Waals surface area contributed by atoms with Crippen LogP contribution >= 0.6 is 0 Å². The largest absolute Gasteiger partial charge is 0.368 e. The molecule has 0 unspecified atom stereocenters. The third-order valence-corrected chi connectivity index (χ3v) is 5.61. The Morgan fingerprint density at radius 2 is 1.81 bits per heavy atom. The maximum atomic E-state index is 13.3. The lowest BCUT2D eigenvalue weighted by molar-refractivity contribution is -0.125. The van der Waals surface area contributed by atoms with E-state index in [0.717, 1.165) is 11.1 Å². The van der Waals surface area contributed by atoms with Crippen LogP contribution in [0.15, 0.2) is 48.5 Å². The zero-order valence-electron chi connectivity index (χ0n) is 15.1. The molecule has 138 valence electrons. The Kier molecular flexibility index (Phi) is 3.98. The number of rotatable bonds is 3. The van der Waals surface area contributed by atoms with Crippen LogP contribution in [-0.2, 0) is 15.0 Å². The van der Waals surface area contributed by atoms with Crippen LogP contribution in [0.3, 0.4) is 0 Å². The lowest BCUT2D eigenvalue weighted by atomic mass is 9.81. The van der Waals surface area contributed by atoms with Crippen molar-refractivity contribution in [2.45, 2.75) is 18.8 Å². The summed E-state index contributed by atoms with van der Waals surface area (Å²) in [5.41, 5.74) is 7.70. The molecule has 4 rings (SSSR count). The number of hydrogen-bond donors (Lipinski definition) is 1. The van der Waals surface area contributed by atoms with Crippen molar-refractivity contribution in [1.29, 1.82) is 0 Å². The lowest BCUT2D eigenvalue weighted by Crippen LogP contribution is -2.45. The molecule has 2 aliphatic rings. The van der Waals surface area contributed by atoms with E-state index in [0.29, 0.717) is 30.8 Å². The smallest absolute Gasteiger partial charge is 0.254 e. The molecule has 0 bridgehead atoms. The number of amides is 3. The van der Waals surface area contributed by atoms with Crippen LogP contribution < -0.4 is 10.6 Å². The first-order chi connectivity index (χ1) is 12.9. The molecule has 27 heavy (non-hydrogen) atoms. The minimum absolute atomic E-state index is 0.0661. The number of aryl methyl sites for hydroxylation is 1. The first kappa shape index (κ1) is 17.3. The second kappa shape index (κ2) is 6.23. The van der Waals surface area contributed by atoms with Crippen molar-refractivity contribution in [3.8, 4) is 0 Å². The van der Waals surface area contributed by atoms with Crippen LogP contribution in [0, 0.1) is 6.92 Å². The summed E-state index contributed by atoms with van der Waals surface area (Å²) in [6.45, 7) is 2.57. The molecule has 1 spiro atoms. The van der Waals surface area contributed by atoms with Gasteiger partial charge in [-0.2, -0.15) is 0 Å². The van der Waals surface area contributed by atoms with Gasteiger partial charge in [0.1, 0.15) is 6.54 Å². The first-order valence-electron chi connectivity index (χ1n) is 8.99. The summed E-state index contributed by atoms with van der Waals surface area (Å²) in [5, 5.41) is 0. The fourth-order valence-corrected chi connectivity index (χ4v) is 4.27. The zero-order valence-corrected chi connectivity index (χ0v) is 15.1. The van der Waals surface area contributed by atoms with Gasteiger partial charge in [-0.1, -0.05) is 36.4 Å². The third-order valence-electron chi connectivity index (χ3n) is 5.61. The molecule has 2 heterocycles. The van der Waals surface area contributed by atoms with Gasteiger partial charge in [0.15, 0.2) is 0 Å². The molecule has 3 amide bonds. The van der Waals surface area contributed by atoms with Gasteiger partial charge in [-0.15, -0.1) is 0 Å². The minimum atomic E-state index is -0.801. The number of hydrogen-bond acceptors (Lipinski definition) is 3. The number of nitrogens with two attached hydrogens (primary N) is 1. The van der Waals surface area contributed by atoms with E-state index in [2.05, 4.69) is 0 Å². The Hall–Kier alpha value is -3.15. The van der Waals surface area contributed by atoms with E-state index in [-0.39, 0.29) is 18.4 Å². The molecular formula is C21H21N3O3. The summed E-state index contributed by atoms with van der Waals surface area (Å²) in [5.74, 6) is -0.771. The number of para-hydroxylation sites is 1. The van der Waals surface area contributed by atoms with Crippen LogP contribution in [0.1, 0.15) is 27.9 Å². The summed E-state index contributed by atoms with van der Waals surface area (Å²) in [4.78, 5) is 41.0. The van der Waals surface area contributed by atoms with Gasteiger partial charge in [0.2, 0.25) is 11.8 Å². The highest BCUT2D eigenvalue weighted by atomic mass is 16.2. The topological polar surface area (TPSA) is 83.7 Å². The van der Waals surface area contributed by atoms with Crippen LogP contribution in [0.25, 0.3) is 0 Å². The zero-order chi connectivity index (χ0) is 19.2.